The Bertz CT molecular complexity index is 1190. The van der Waals surface area contributed by atoms with Crippen molar-refractivity contribution < 1.29 is 14.4 Å². The monoisotopic (exact) mass is 531 g/mol. The van der Waals surface area contributed by atoms with Crippen molar-refractivity contribution in [1.82, 2.24) is 15.4 Å². The van der Waals surface area contributed by atoms with E-state index in [1.807, 2.05) is 17.3 Å². The van der Waals surface area contributed by atoms with E-state index in [1.165, 1.54) is 36.8 Å². The molecule has 2 saturated carbocycles. The Kier molecular flexibility index (Phi) is 6.76. The number of carbonyl (C=O) groups excluding carboxylic acids is 2. The van der Waals surface area contributed by atoms with Gasteiger partial charge in [-0.05, 0) is 110 Å². The van der Waals surface area contributed by atoms with Gasteiger partial charge in [-0.1, -0.05) is 37.6 Å². The zero-order chi connectivity index (χ0) is 27.4. The van der Waals surface area contributed by atoms with Crippen LogP contribution in [0.15, 0.2) is 42.3 Å². The van der Waals surface area contributed by atoms with Crippen molar-refractivity contribution in [3.05, 3.63) is 47.8 Å². The summed E-state index contributed by atoms with van der Waals surface area (Å²) in [6.07, 6.45) is 18.4. The molecule has 6 nitrogen and oxygen atoms in total. The molecule has 4 aliphatic carbocycles. The topological polar surface area (TPSA) is 71.5 Å². The molecule has 0 radical (unpaired) electrons. The Hall–Kier alpha value is -2.47. The summed E-state index contributed by atoms with van der Waals surface area (Å²) in [5, 5.41) is 0. The van der Waals surface area contributed by atoms with Crippen LogP contribution in [0.5, 0.6) is 0 Å². The highest BCUT2D eigenvalue weighted by Crippen LogP contribution is 2.67. The minimum Gasteiger partial charge on any atom is -0.370 e. The van der Waals surface area contributed by atoms with Crippen LogP contribution in [0.1, 0.15) is 91.0 Å². The molecule has 0 aromatic carbocycles. The van der Waals surface area contributed by atoms with E-state index in [0.717, 1.165) is 31.1 Å². The summed E-state index contributed by atoms with van der Waals surface area (Å²) < 4.78 is 0. The molecular formula is C33H45N3O3. The van der Waals surface area contributed by atoms with E-state index in [1.54, 1.807) is 12.5 Å². The number of carbonyl (C=O) groups is 2. The lowest BCUT2D eigenvalue weighted by atomic mass is 9.46. The van der Waals surface area contributed by atoms with Crippen molar-refractivity contribution in [2.45, 2.75) is 91.0 Å². The highest BCUT2D eigenvalue weighted by Gasteiger charge is 2.57. The van der Waals surface area contributed by atoms with E-state index >= 15 is 0 Å². The minimum absolute atomic E-state index is 0.0831. The summed E-state index contributed by atoms with van der Waals surface area (Å²) in [7, 11) is 0. The Labute approximate surface area is 233 Å². The lowest BCUT2D eigenvalue weighted by Gasteiger charge is -2.59. The van der Waals surface area contributed by atoms with E-state index < -0.39 is 0 Å². The molecule has 6 heteroatoms. The smallest absolute Gasteiger partial charge is 0.327 e. The van der Waals surface area contributed by atoms with Crippen molar-refractivity contribution >= 4 is 17.4 Å². The number of hydroxylamine groups is 1. The van der Waals surface area contributed by atoms with Crippen molar-refractivity contribution in [2.24, 2.45) is 34.5 Å². The third kappa shape index (κ3) is 4.57. The van der Waals surface area contributed by atoms with Gasteiger partial charge in [-0.25, -0.2) is 0 Å². The molecule has 1 N–H and O–H groups in total. The molecule has 1 aromatic rings. The van der Waals surface area contributed by atoms with E-state index in [0.29, 0.717) is 31.8 Å². The van der Waals surface area contributed by atoms with Gasteiger partial charge in [0.25, 0.3) is 0 Å². The summed E-state index contributed by atoms with van der Waals surface area (Å²) in [5.41, 5.74) is 7.75. The number of likely N-dealkylation sites (tertiary alicyclic amines) is 1. The van der Waals surface area contributed by atoms with Crippen LogP contribution < -0.4 is 5.48 Å². The van der Waals surface area contributed by atoms with Crippen LogP contribution in [0.4, 0.5) is 0 Å². The second-order valence-corrected chi connectivity index (χ2v) is 13.8. The number of nitrogens with one attached hydrogen (secondary N) is 1. The molecule has 1 aromatic heterocycles. The number of rotatable bonds is 4. The maximum Gasteiger partial charge on any atom is 0.327 e. The van der Waals surface area contributed by atoms with Crippen LogP contribution in [-0.4, -0.2) is 40.4 Å². The number of hydrogen-bond donors (Lipinski definition) is 1. The average Bonchev–Trinajstić information content (AvgIpc) is 3.30. The molecule has 1 saturated heterocycles. The van der Waals surface area contributed by atoms with E-state index in [-0.39, 0.29) is 34.2 Å². The lowest BCUT2D eigenvalue weighted by molar-refractivity contribution is -0.163. The molecule has 0 spiro atoms. The van der Waals surface area contributed by atoms with Crippen molar-refractivity contribution in [2.75, 3.05) is 13.1 Å². The molecule has 6 atom stereocenters. The summed E-state index contributed by atoms with van der Waals surface area (Å²) in [5.74, 6) is 1.95. The molecule has 0 bridgehead atoms. The predicted molar refractivity (Wildman–Crippen MR) is 152 cm³/mol. The molecule has 1 aliphatic heterocycles. The molecule has 1 unspecified atom stereocenters. The van der Waals surface area contributed by atoms with Crippen LogP contribution in [0.3, 0.4) is 0 Å². The van der Waals surface area contributed by atoms with Crippen LogP contribution in [0.2, 0.25) is 0 Å². The van der Waals surface area contributed by atoms with Gasteiger partial charge in [0.15, 0.2) is 0 Å². The van der Waals surface area contributed by atoms with Crippen LogP contribution in [0, 0.1) is 34.5 Å². The maximum atomic E-state index is 12.8. The first-order chi connectivity index (χ1) is 18.6. The number of fused-ring (bicyclic) bond motifs is 5. The number of nitrogens with zero attached hydrogens (tertiary/aromatic N) is 2. The first kappa shape index (κ1) is 26.7. The number of hydrogen-bond acceptors (Lipinski definition) is 5. The number of aromatic nitrogens is 1. The second kappa shape index (κ2) is 9.87. The molecule has 5 aliphatic rings. The highest BCUT2D eigenvalue weighted by atomic mass is 16.7. The van der Waals surface area contributed by atoms with E-state index in [9.17, 15) is 9.59 Å². The molecule has 210 valence electrons. The standard InChI is InChI=1S/C33H45N3O3/c1-22(37)36-18-12-23(13-19-36)30(38)39-35-31(2)15-16-32(3)25(20-31)7-8-26-28-10-9-27(24-6-5-17-34-21-24)33(28,4)14-11-29(26)32/h5-6,9,17,20-21,23,26,28-29,35H,7-8,10-16,18-19H2,1-4H3/t26-,28+,29+,31?,32+,33-/m1/s1. The van der Waals surface area contributed by atoms with Crippen LogP contribution in [0.25, 0.3) is 5.57 Å². The maximum absolute atomic E-state index is 12.8. The van der Waals surface area contributed by atoms with Gasteiger partial charge < -0.3 is 9.74 Å². The first-order valence-electron chi connectivity index (χ1n) is 15.2. The van der Waals surface area contributed by atoms with Gasteiger partial charge in [0.2, 0.25) is 5.91 Å². The SMILES string of the molecule is CC(=O)N1CCC(C(=O)ONC2(C)C=C3CC[C@H]4[C@H](CC[C@]5(C)C(c6cccnc6)=CC[C@@H]45)[C@@]3(C)CC2)CC1. The third-order valence-electron chi connectivity index (χ3n) is 11.6. The van der Waals surface area contributed by atoms with Gasteiger partial charge in [0.05, 0.1) is 11.5 Å². The Morgan fingerprint density at radius 1 is 1.03 bits per heavy atom. The van der Waals surface area contributed by atoms with Gasteiger partial charge in [-0.3, -0.25) is 14.6 Å². The largest absolute Gasteiger partial charge is 0.370 e. The molecule has 3 fully saturated rings. The number of amides is 1. The van der Waals surface area contributed by atoms with Gasteiger partial charge in [-0.2, -0.15) is 0 Å². The number of allylic oxidation sites excluding steroid dienone is 3. The molecule has 1 amide bonds. The fourth-order valence-corrected chi connectivity index (χ4v) is 9.18. The Balaban J connectivity index is 1.12. The van der Waals surface area contributed by atoms with Crippen LogP contribution >= 0.6 is 0 Å². The Morgan fingerprint density at radius 3 is 2.54 bits per heavy atom. The van der Waals surface area contributed by atoms with E-state index in [4.69, 9.17) is 4.84 Å². The fourth-order valence-electron chi connectivity index (χ4n) is 9.18. The quantitative estimate of drug-likeness (QED) is 0.375. The normalized spacial score (nSPS) is 38.2. The molecule has 6 rings (SSSR count). The molecular weight excluding hydrogens is 486 g/mol. The highest BCUT2D eigenvalue weighted by molar-refractivity contribution is 5.75. The molecule has 2 heterocycles. The lowest BCUT2D eigenvalue weighted by Crippen LogP contribution is -2.53. The summed E-state index contributed by atoms with van der Waals surface area (Å²) in [6.45, 7) is 10.1. The number of piperidine rings is 1. The van der Waals surface area contributed by atoms with Crippen molar-refractivity contribution in [1.29, 1.82) is 0 Å². The van der Waals surface area contributed by atoms with E-state index in [2.05, 4.69) is 55.5 Å². The zero-order valence-corrected chi connectivity index (χ0v) is 24.2. The first-order valence-corrected chi connectivity index (χ1v) is 15.2. The van der Waals surface area contributed by atoms with Gasteiger partial charge in [0, 0.05) is 32.4 Å². The van der Waals surface area contributed by atoms with Crippen molar-refractivity contribution in [3.8, 4) is 0 Å². The second-order valence-electron chi connectivity index (χ2n) is 13.8. The third-order valence-corrected chi connectivity index (χ3v) is 11.6. The fraction of sp³-hybridized carbons (Fsp3) is 0.667. The summed E-state index contributed by atoms with van der Waals surface area (Å²) in [4.78, 5) is 36.4. The average molecular weight is 532 g/mol. The predicted octanol–water partition coefficient (Wildman–Crippen LogP) is 6.10. The molecule has 39 heavy (non-hydrogen) atoms. The van der Waals surface area contributed by atoms with Gasteiger partial charge in [-0.15, -0.1) is 5.48 Å². The van der Waals surface area contributed by atoms with Crippen molar-refractivity contribution in [3.63, 3.8) is 0 Å². The van der Waals surface area contributed by atoms with Gasteiger partial charge >= 0.3 is 5.97 Å². The zero-order valence-electron chi connectivity index (χ0n) is 24.2. The van der Waals surface area contributed by atoms with Crippen LogP contribution in [-0.2, 0) is 14.4 Å². The minimum atomic E-state index is -0.330. The summed E-state index contributed by atoms with van der Waals surface area (Å²) >= 11 is 0. The summed E-state index contributed by atoms with van der Waals surface area (Å²) in [6, 6.07) is 4.30. The Morgan fingerprint density at radius 2 is 1.82 bits per heavy atom. The van der Waals surface area contributed by atoms with Gasteiger partial charge in [0.1, 0.15) is 0 Å². The number of pyridine rings is 1.